The van der Waals surface area contributed by atoms with Gasteiger partial charge in [-0.3, -0.25) is 4.98 Å². The van der Waals surface area contributed by atoms with Crippen molar-refractivity contribution >= 4 is 22.6 Å². The third-order valence-corrected chi connectivity index (χ3v) is 3.43. The Morgan fingerprint density at radius 3 is 2.56 bits per heavy atom. The number of halogens is 1. The van der Waals surface area contributed by atoms with Crippen molar-refractivity contribution in [3.05, 3.63) is 63.0 Å². The summed E-state index contributed by atoms with van der Waals surface area (Å²) in [5.74, 6) is 0. The molecule has 2 nitrogen and oxygen atoms in total. The van der Waals surface area contributed by atoms with Crippen LogP contribution in [0.5, 0.6) is 0 Å². The average molecular weight is 325 g/mol. The lowest BCUT2D eigenvalue weighted by Gasteiger charge is -2.12. The lowest BCUT2D eigenvalue weighted by molar-refractivity contribution is 0.219. The minimum Gasteiger partial charge on any atom is -0.384 e. The Bertz CT molecular complexity index is 482. The first-order valence-electron chi connectivity index (χ1n) is 5.03. The molecule has 3 heteroatoms. The van der Waals surface area contributed by atoms with E-state index in [1.54, 1.807) is 6.20 Å². The SMILES string of the molecule is Cc1ccc(C(O)c2ccccc2I)cn1. The van der Waals surface area contributed by atoms with E-state index in [4.69, 9.17) is 0 Å². The molecule has 0 aliphatic carbocycles. The summed E-state index contributed by atoms with van der Waals surface area (Å²) in [5.41, 5.74) is 2.71. The summed E-state index contributed by atoms with van der Waals surface area (Å²) in [6, 6.07) is 11.6. The third-order valence-electron chi connectivity index (χ3n) is 2.45. The number of aromatic nitrogens is 1. The molecule has 0 radical (unpaired) electrons. The van der Waals surface area contributed by atoms with E-state index in [2.05, 4.69) is 27.6 Å². The standard InChI is InChI=1S/C13H12INO/c1-9-6-7-10(8-15-9)13(16)11-4-2-3-5-12(11)14/h2-8,13,16H,1H3. The molecule has 1 N–H and O–H groups in total. The molecule has 0 aliphatic rings. The second-order valence-electron chi connectivity index (χ2n) is 3.66. The highest BCUT2D eigenvalue weighted by Gasteiger charge is 2.12. The second kappa shape index (κ2) is 4.93. The Hall–Kier alpha value is -0.940. The number of aliphatic hydroxyl groups excluding tert-OH is 1. The van der Waals surface area contributed by atoms with Gasteiger partial charge < -0.3 is 5.11 Å². The van der Waals surface area contributed by atoms with Crippen LogP contribution in [-0.4, -0.2) is 10.1 Å². The maximum Gasteiger partial charge on any atom is 0.107 e. The van der Waals surface area contributed by atoms with E-state index in [0.717, 1.165) is 20.4 Å². The van der Waals surface area contributed by atoms with E-state index in [0.29, 0.717) is 0 Å². The fourth-order valence-electron chi connectivity index (χ4n) is 1.52. The van der Waals surface area contributed by atoms with E-state index in [-0.39, 0.29) is 0 Å². The number of rotatable bonds is 2. The third kappa shape index (κ3) is 2.41. The van der Waals surface area contributed by atoms with Crippen LogP contribution in [0.25, 0.3) is 0 Å². The smallest absolute Gasteiger partial charge is 0.107 e. The molecule has 82 valence electrons. The Morgan fingerprint density at radius 2 is 1.94 bits per heavy atom. The van der Waals surface area contributed by atoms with E-state index in [1.807, 2.05) is 43.3 Å². The van der Waals surface area contributed by atoms with E-state index in [1.165, 1.54) is 0 Å². The summed E-state index contributed by atoms with van der Waals surface area (Å²) in [6.07, 6.45) is 1.13. The topological polar surface area (TPSA) is 33.1 Å². The summed E-state index contributed by atoms with van der Waals surface area (Å²) >= 11 is 2.23. The molecule has 0 saturated carbocycles. The van der Waals surface area contributed by atoms with Crippen molar-refractivity contribution in [2.45, 2.75) is 13.0 Å². The van der Waals surface area contributed by atoms with Crippen molar-refractivity contribution in [2.24, 2.45) is 0 Å². The first-order chi connectivity index (χ1) is 7.68. The van der Waals surface area contributed by atoms with Crippen LogP contribution in [0.2, 0.25) is 0 Å². The first kappa shape index (κ1) is 11.5. The van der Waals surface area contributed by atoms with Gasteiger partial charge in [-0.25, -0.2) is 0 Å². The monoisotopic (exact) mass is 325 g/mol. The lowest BCUT2D eigenvalue weighted by Crippen LogP contribution is -2.02. The summed E-state index contributed by atoms with van der Waals surface area (Å²) in [5, 5.41) is 10.2. The number of hydrogen-bond donors (Lipinski definition) is 1. The van der Waals surface area contributed by atoms with Crippen LogP contribution < -0.4 is 0 Å². The van der Waals surface area contributed by atoms with Crippen LogP contribution in [0.3, 0.4) is 0 Å². The van der Waals surface area contributed by atoms with Gasteiger partial charge in [-0.05, 0) is 47.2 Å². The number of nitrogens with zero attached hydrogens (tertiary/aromatic N) is 1. The van der Waals surface area contributed by atoms with Gasteiger partial charge in [0, 0.05) is 21.0 Å². The van der Waals surface area contributed by atoms with E-state index >= 15 is 0 Å². The highest BCUT2D eigenvalue weighted by molar-refractivity contribution is 14.1. The van der Waals surface area contributed by atoms with Crippen molar-refractivity contribution in [3.8, 4) is 0 Å². The van der Waals surface area contributed by atoms with Gasteiger partial charge in [-0.1, -0.05) is 24.3 Å². The molecular formula is C13H12INO. The van der Waals surface area contributed by atoms with Gasteiger partial charge in [-0.2, -0.15) is 0 Å². The van der Waals surface area contributed by atoms with E-state index in [9.17, 15) is 5.11 Å². The summed E-state index contributed by atoms with van der Waals surface area (Å²) < 4.78 is 1.06. The molecule has 0 spiro atoms. The highest BCUT2D eigenvalue weighted by atomic mass is 127. The Kier molecular flexibility index (Phi) is 3.56. The van der Waals surface area contributed by atoms with Crippen LogP contribution in [0.1, 0.15) is 22.9 Å². The molecular weight excluding hydrogens is 313 g/mol. The molecule has 1 atom stereocenters. The zero-order valence-corrected chi connectivity index (χ0v) is 11.0. The van der Waals surface area contributed by atoms with Crippen molar-refractivity contribution in [3.63, 3.8) is 0 Å². The molecule has 0 fully saturated rings. The quantitative estimate of drug-likeness (QED) is 0.861. The fraction of sp³-hybridized carbons (Fsp3) is 0.154. The Labute approximate surface area is 108 Å². The van der Waals surface area contributed by atoms with Gasteiger partial charge in [0.15, 0.2) is 0 Å². The molecule has 1 aromatic heterocycles. The van der Waals surface area contributed by atoms with Crippen molar-refractivity contribution < 1.29 is 5.11 Å². The summed E-state index contributed by atoms with van der Waals surface area (Å²) in [7, 11) is 0. The Balaban J connectivity index is 2.35. The molecule has 2 aromatic rings. The highest BCUT2D eigenvalue weighted by Crippen LogP contribution is 2.25. The number of pyridine rings is 1. The number of aliphatic hydroxyl groups is 1. The van der Waals surface area contributed by atoms with Crippen LogP contribution in [0.15, 0.2) is 42.6 Å². The number of benzene rings is 1. The second-order valence-corrected chi connectivity index (χ2v) is 4.82. The molecule has 1 unspecified atom stereocenters. The first-order valence-corrected chi connectivity index (χ1v) is 6.11. The normalized spacial score (nSPS) is 12.4. The van der Waals surface area contributed by atoms with Gasteiger partial charge in [0.1, 0.15) is 6.10 Å². The molecule has 0 bridgehead atoms. The number of hydrogen-bond acceptors (Lipinski definition) is 2. The van der Waals surface area contributed by atoms with Crippen molar-refractivity contribution in [2.75, 3.05) is 0 Å². The summed E-state index contributed by atoms with van der Waals surface area (Å²) in [6.45, 7) is 1.93. The van der Waals surface area contributed by atoms with Gasteiger partial charge in [-0.15, -0.1) is 0 Å². The fourth-order valence-corrected chi connectivity index (χ4v) is 2.20. The van der Waals surface area contributed by atoms with Crippen LogP contribution in [0, 0.1) is 10.5 Å². The molecule has 0 amide bonds. The molecule has 1 heterocycles. The van der Waals surface area contributed by atoms with Crippen LogP contribution >= 0.6 is 22.6 Å². The van der Waals surface area contributed by atoms with Crippen molar-refractivity contribution in [1.82, 2.24) is 4.98 Å². The zero-order valence-electron chi connectivity index (χ0n) is 8.89. The van der Waals surface area contributed by atoms with Crippen LogP contribution in [-0.2, 0) is 0 Å². The van der Waals surface area contributed by atoms with Gasteiger partial charge >= 0.3 is 0 Å². The Morgan fingerprint density at radius 1 is 1.19 bits per heavy atom. The van der Waals surface area contributed by atoms with Gasteiger partial charge in [0.05, 0.1) is 0 Å². The van der Waals surface area contributed by atoms with E-state index < -0.39 is 6.10 Å². The van der Waals surface area contributed by atoms with Gasteiger partial charge in [0.25, 0.3) is 0 Å². The van der Waals surface area contributed by atoms with Crippen molar-refractivity contribution in [1.29, 1.82) is 0 Å². The number of aryl methyl sites for hydroxylation is 1. The zero-order chi connectivity index (χ0) is 11.5. The maximum absolute atomic E-state index is 10.2. The van der Waals surface area contributed by atoms with Gasteiger partial charge in [0.2, 0.25) is 0 Å². The molecule has 0 saturated heterocycles. The van der Waals surface area contributed by atoms with Crippen LogP contribution in [0.4, 0.5) is 0 Å². The lowest BCUT2D eigenvalue weighted by atomic mass is 10.0. The predicted octanol–water partition coefficient (Wildman–Crippen LogP) is 3.08. The minimum absolute atomic E-state index is 0.596. The minimum atomic E-state index is -0.596. The largest absolute Gasteiger partial charge is 0.384 e. The predicted molar refractivity (Wildman–Crippen MR) is 72.2 cm³/mol. The maximum atomic E-state index is 10.2. The molecule has 1 aromatic carbocycles. The molecule has 0 aliphatic heterocycles. The molecule has 16 heavy (non-hydrogen) atoms. The summed E-state index contributed by atoms with van der Waals surface area (Å²) in [4.78, 5) is 4.19. The average Bonchev–Trinajstić information content (AvgIpc) is 2.30. The molecule has 2 rings (SSSR count).